The zero-order valence-corrected chi connectivity index (χ0v) is 15.1. The quantitative estimate of drug-likeness (QED) is 0.838. The van der Waals surface area contributed by atoms with Crippen molar-refractivity contribution in [1.82, 2.24) is 5.32 Å². The fourth-order valence-corrected chi connectivity index (χ4v) is 3.99. The van der Waals surface area contributed by atoms with Crippen LogP contribution in [0.1, 0.15) is 16.7 Å². The van der Waals surface area contributed by atoms with Crippen LogP contribution in [0.4, 0.5) is 4.79 Å². The first-order chi connectivity index (χ1) is 12.3. The lowest BCUT2D eigenvalue weighted by molar-refractivity contribution is -0.123. The summed E-state index contributed by atoms with van der Waals surface area (Å²) >= 11 is 0. The predicted octanol–water partition coefficient (Wildman–Crippen LogP) is 2.19. The molecule has 7 heteroatoms. The maximum atomic E-state index is 12.5. The van der Waals surface area contributed by atoms with Crippen LogP contribution in [-0.4, -0.2) is 32.3 Å². The summed E-state index contributed by atoms with van der Waals surface area (Å²) in [5.41, 5.74) is 2.83. The summed E-state index contributed by atoms with van der Waals surface area (Å²) in [6.07, 6.45) is -0.967. The number of amides is 2. The molecular formula is C19H19NO5S. The molecule has 1 heterocycles. The van der Waals surface area contributed by atoms with Crippen LogP contribution < -0.4 is 5.32 Å². The molecule has 3 rings (SSSR count). The van der Waals surface area contributed by atoms with Crippen molar-refractivity contribution in [3.63, 3.8) is 0 Å². The summed E-state index contributed by atoms with van der Waals surface area (Å²) in [7, 11) is -3.40. The van der Waals surface area contributed by atoms with E-state index in [4.69, 9.17) is 4.74 Å². The topological polar surface area (TPSA) is 89.5 Å². The number of alkyl carbamates (subject to hydrolysis) is 1. The van der Waals surface area contributed by atoms with Gasteiger partial charge in [-0.2, -0.15) is 0 Å². The van der Waals surface area contributed by atoms with E-state index in [0.29, 0.717) is 6.42 Å². The Balaban J connectivity index is 1.64. The van der Waals surface area contributed by atoms with Gasteiger partial charge in [0.05, 0.1) is 10.6 Å². The van der Waals surface area contributed by atoms with Crippen molar-refractivity contribution in [2.24, 2.45) is 0 Å². The first-order valence-electron chi connectivity index (χ1n) is 8.22. The largest absolute Gasteiger partial charge is 0.435 e. The lowest BCUT2D eigenvalue weighted by Crippen LogP contribution is -2.25. The Morgan fingerprint density at radius 2 is 1.58 bits per heavy atom. The molecular weight excluding hydrogens is 354 g/mol. The SMILES string of the molecule is Cc1ccc(CCS(=O)(=O)c2ccc(CC3OC(=O)NC3=O)cc2)cc1. The number of sulfone groups is 1. The smallest absolute Gasteiger partial charge is 0.414 e. The van der Waals surface area contributed by atoms with Gasteiger partial charge in [-0.05, 0) is 36.6 Å². The minimum Gasteiger partial charge on any atom is -0.435 e. The molecule has 6 nitrogen and oxygen atoms in total. The van der Waals surface area contributed by atoms with Crippen LogP contribution in [0.15, 0.2) is 53.4 Å². The molecule has 0 radical (unpaired) electrons. The lowest BCUT2D eigenvalue weighted by atomic mass is 10.1. The molecule has 2 aromatic rings. The van der Waals surface area contributed by atoms with E-state index < -0.39 is 27.9 Å². The van der Waals surface area contributed by atoms with E-state index >= 15 is 0 Å². The molecule has 1 fully saturated rings. The van der Waals surface area contributed by atoms with E-state index in [2.05, 4.69) is 5.32 Å². The lowest BCUT2D eigenvalue weighted by Gasteiger charge is -2.08. The summed E-state index contributed by atoms with van der Waals surface area (Å²) in [5.74, 6) is -0.456. The molecule has 0 bridgehead atoms. The van der Waals surface area contributed by atoms with Crippen molar-refractivity contribution in [3.05, 3.63) is 65.2 Å². The number of hydrogen-bond acceptors (Lipinski definition) is 5. The number of carbonyl (C=O) groups excluding carboxylic acids is 2. The summed E-state index contributed by atoms with van der Waals surface area (Å²) in [5, 5.41) is 2.06. The first-order valence-corrected chi connectivity index (χ1v) is 9.87. The Morgan fingerprint density at radius 3 is 2.15 bits per heavy atom. The molecule has 136 valence electrons. The number of aryl methyl sites for hydroxylation is 2. The molecule has 0 aliphatic carbocycles. The van der Waals surface area contributed by atoms with Crippen LogP contribution in [0.5, 0.6) is 0 Å². The van der Waals surface area contributed by atoms with Gasteiger partial charge < -0.3 is 4.74 Å². The van der Waals surface area contributed by atoms with E-state index in [0.717, 1.165) is 16.7 Å². The second kappa shape index (κ2) is 7.29. The molecule has 1 aliphatic rings. The van der Waals surface area contributed by atoms with Gasteiger partial charge in [-0.3, -0.25) is 10.1 Å². The van der Waals surface area contributed by atoms with Crippen molar-refractivity contribution in [2.45, 2.75) is 30.8 Å². The van der Waals surface area contributed by atoms with Gasteiger partial charge >= 0.3 is 6.09 Å². The zero-order chi connectivity index (χ0) is 18.7. The molecule has 2 aromatic carbocycles. The Bertz CT molecular complexity index is 917. The highest BCUT2D eigenvalue weighted by Crippen LogP contribution is 2.17. The number of rotatable bonds is 6. The minimum absolute atomic E-state index is 0.0258. The van der Waals surface area contributed by atoms with Crippen LogP contribution in [0.25, 0.3) is 0 Å². The Kier molecular flexibility index (Phi) is 5.08. The highest BCUT2D eigenvalue weighted by molar-refractivity contribution is 7.91. The molecule has 0 aromatic heterocycles. The average Bonchev–Trinajstić information content (AvgIpc) is 2.92. The second-order valence-electron chi connectivity index (χ2n) is 6.29. The molecule has 0 spiro atoms. The van der Waals surface area contributed by atoms with Crippen molar-refractivity contribution < 1.29 is 22.7 Å². The van der Waals surface area contributed by atoms with E-state index in [1.54, 1.807) is 12.1 Å². The fraction of sp³-hybridized carbons (Fsp3) is 0.263. The average molecular weight is 373 g/mol. The van der Waals surface area contributed by atoms with Gasteiger partial charge in [0.1, 0.15) is 0 Å². The molecule has 2 amide bonds. The van der Waals surface area contributed by atoms with E-state index in [1.165, 1.54) is 12.1 Å². The first kappa shape index (κ1) is 18.1. The Hall–Kier alpha value is -2.67. The standard InChI is InChI=1S/C19H19NO5S/c1-13-2-4-14(5-3-13)10-11-26(23,24)16-8-6-15(7-9-16)12-17-18(21)20-19(22)25-17/h2-9,17H,10-12H2,1H3,(H,20,21,22). The molecule has 1 atom stereocenters. The highest BCUT2D eigenvalue weighted by Gasteiger charge is 2.32. The number of ether oxygens (including phenoxy) is 1. The molecule has 1 N–H and O–H groups in total. The highest BCUT2D eigenvalue weighted by atomic mass is 32.2. The van der Waals surface area contributed by atoms with Gasteiger partial charge in [0, 0.05) is 6.42 Å². The molecule has 0 saturated carbocycles. The third kappa shape index (κ3) is 4.29. The van der Waals surface area contributed by atoms with Gasteiger partial charge in [0.25, 0.3) is 5.91 Å². The molecule has 26 heavy (non-hydrogen) atoms. The van der Waals surface area contributed by atoms with Crippen LogP contribution >= 0.6 is 0 Å². The predicted molar refractivity (Wildman–Crippen MR) is 95.5 cm³/mol. The van der Waals surface area contributed by atoms with Crippen molar-refractivity contribution in [1.29, 1.82) is 0 Å². The van der Waals surface area contributed by atoms with Crippen LogP contribution in [-0.2, 0) is 32.2 Å². The van der Waals surface area contributed by atoms with Crippen LogP contribution in [0.2, 0.25) is 0 Å². The van der Waals surface area contributed by atoms with Crippen molar-refractivity contribution in [2.75, 3.05) is 5.75 Å². The normalized spacial score (nSPS) is 17.0. The van der Waals surface area contributed by atoms with Crippen molar-refractivity contribution >= 4 is 21.8 Å². The number of benzene rings is 2. The zero-order valence-electron chi connectivity index (χ0n) is 14.3. The molecule has 1 aliphatic heterocycles. The number of imide groups is 1. The fourth-order valence-electron chi connectivity index (χ4n) is 2.70. The van der Waals surface area contributed by atoms with Gasteiger partial charge in [0.15, 0.2) is 15.9 Å². The van der Waals surface area contributed by atoms with Gasteiger partial charge in [0.2, 0.25) is 0 Å². The number of cyclic esters (lactones) is 1. The molecule has 1 saturated heterocycles. The van der Waals surface area contributed by atoms with E-state index in [1.807, 2.05) is 31.2 Å². The maximum absolute atomic E-state index is 12.5. The maximum Gasteiger partial charge on any atom is 0.414 e. The summed E-state index contributed by atoms with van der Waals surface area (Å²) in [6.45, 7) is 1.98. The monoisotopic (exact) mass is 373 g/mol. The Morgan fingerprint density at radius 1 is 0.962 bits per heavy atom. The van der Waals surface area contributed by atoms with Crippen LogP contribution in [0, 0.1) is 6.92 Å². The van der Waals surface area contributed by atoms with Gasteiger partial charge in [-0.1, -0.05) is 42.0 Å². The van der Waals surface area contributed by atoms with Crippen molar-refractivity contribution in [3.8, 4) is 0 Å². The third-order valence-corrected chi connectivity index (χ3v) is 5.98. The Labute approximate surface area is 152 Å². The third-order valence-electron chi connectivity index (χ3n) is 4.25. The van der Waals surface area contributed by atoms with E-state index in [-0.39, 0.29) is 17.1 Å². The second-order valence-corrected chi connectivity index (χ2v) is 8.39. The van der Waals surface area contributed by atoms with Gasteiger partial charge in [-0.25, -0.2) is 13.2 Å². The summed E-state index contributed by atoms with van der Waals surface area (Å²) in [4.78, 5) is 22.8. The number of carbonyl (C=O) groups is 2. The molecule has 1 unspecified atom stereocenters. The number of nitrogens with one attached hydrogen (secondary N) is 1. The van der Waals surface area contributed by atoms with Crippen LogP contribution in [0.3, 0.4) is 0 Å². The summed E-state index contributed by atoms with van der Waals surface area (Å²) in [6, 6.07) is 14.1. The summed E-state index contributed by atoms with van der Waals surface area (Å²) < 4.78 is 29.8. The van der Waals surface area contributed by atoms with E-state index in [9.17, 15) is 18.0 Å². The minimum atomic E-state index is -3.40. The van der Waals surface area contributed by atoms with Gasteiger partial charge in [-0.15, -0.1) is 0 Å². The number of hydrogen-bond donors (Lipinski definition) is 1.